The maximum Gasteiger partial charge on any atom is 0.226 e. The summed E-state index contributed by atoms with van der Waals surface area (Å²) in [6.45, 7) is 6.97. The molecule has 0 heterocycles. The minimum absolute atomic E-state index is 0.0397. The summed E-state index contributed by atoms with van der Waals surface area (Å²) in [5.74, 6) is 0.610. The lowest BCUT2D eigenvalue weighted by Gasteiger charge is -2.22. The Bertz CT molecular complexity index is 741. The molecule has 0 radical (unpaired) electrons. The van der Waals surface area contributed by atoms with Crippen molar-refractivity contribution in [1.82, 2.24) is 4.90 Å². The summed E-state index contributed by atoms with van der Waals surface area (Å²) in [7, 11) is 0. The van der Waals surface area contributed by atoms with E-state index in [-0.39, 0.29) is 18.2 Å². The van der Waals surface area contributed by atoms with Gasteiger partial charge in [-0.2, -0.15) is 0 Å². The van der Waals surface area contributed by atoms with E-state index in [1.807, 2.05) is 50.2 Å². The fraction of sp³-hybridized carbons (Fsp3) is 0.333. The molecular formula is C21H26N2O3. The fourth-order valence-electron chi connectivity index (χ4n) is 2.60. The van der Waals surface area contributed by atoms with E-state index in [1.54, 1.807) is 17.0 Å². The molecule has 0 saturated heterocycles. The van der Waals surface area contributed by atoms with Gasteiger partial charge in [0, 0.05) is 32.1 Å². The van der Waals surface area contributed by atoms with E-state index >= 15 is 0 Å². The number of nitrogens with one attached hydrogen (secondary N) is 1. The third kappa shape index (κ3) is 5.92. The third-order valence-corrected chi connectivity index (χ3v) is 4.13. The van der Waals surface area contributed by atoms with Crippen LogP contribution in [-0.4, -0.2) is 29.9 Å². The Kier molecular flexibility index (Phi) is 7.21. The van der Waals surface area contributed by atoms with Gasteiger partial charge in [0.15, 0.2) is 0 Å². The number of amides is 2. The molecule has 2 rings (SSSR count). The highest BCUT2D eigenvalue weighted by Crippen LogP contribution is 2.16. The van der Waals surface area contributed by atoms with Gasteiger partial charge in [0.2, 0.25) is 11.8 Å². The van der Waals surface area contributed by atoms with Gasteiger partial charge in [-0.3, -0.25) is 9.59 Å². The first kappa shape index (κ1) is 19.5. The number of carbonyl (C=O) groups excluding carboxylic acids is 2. The third-order valence-electron chi connectivity index (χ3n) is 4.13. The molecule has 0 saturated carbocycles. The lowest BCUT2D eigenvalue weighted by Crippen LogP contribution is -2.31. The maximum atomic E-state index is 12.2. The predicted molar refractivity (Wildman–Crippen MR) is 103 cm³/mol. The van der Waals surface area contributed by atoms with Crippen molar-refractivity contribution in [2.75, 3.05) is 18.5 Å². The quantitative estimate of drug-likeness (QED) is 0.785. The molecule has 2 aromatic carbocycles. The van der Waals surface area contributed by atoms with Crippen LogP contribution in [0.5, 0.6) is 5.75 Å². The zero-order valence-corrected chi connectivity index (χ0v) is 15.6. The second kappa shape index (κ2) is 9.61. The summed E-state index contributed by atoms with van der Waals surface area (Å²) >= 11 is 0. The minimum atomic E-state index is -0.120. The maximum absolute atomic E-state index is 12.2. The number of aryl methyl sites for hydroxylation is 1. The van der Waals surface area contributed by atoms with Crippen molar-refractivity contribution in [3.05, 3.63) is 59.7 Å². The zero-order chi connectivity index (χ0) is 18.9. The summed E-state index contributed by atoms with van der Waals surface area (Å²) in [6.07, 6.45) is 0.249. The summed E-state index contributed by atoms with van der Waals surface area (Å²) in [4.78, 5) is 25.8. The molecule has 1 N–H and O–H groups in total. The molecule has 2 aromatic rings. The van der Waals surface area contributed by atoms with Crippen molar-refractivity contribution < 1.29 is 14.3 Å². The Morgan fingerprint density at radius 3 is 2.38 bits per heavy atom. The van der Waals surface area contributed by atoms with E-state index in [4.69, 9.17) is 4.74 Å². The second-order valence-electron chi connectivity index (χ2n) is 6.12. The number of benzene rings is 2. The van der Waals surface area contributed by atoms with Crippen molar-refractivity contribution in [1.29, 1.82) is 0 Å². The number of rotatable bonds is 8. The molecule has 0 bridgehead atoms. The summed E-state index contributed by atoms with van der Waals surface area (Å²) < 4.78 is 5.38. The molecule has 2 amide bonds. The summed E-state index contributed by atoms with van der Waals surface area (Å²) in [6, 6.07) is 15.2. The van der Waals surface area contributed by atoms with Crippen LogP contribution in [0.25, 0.3) is 0 Å². The second-order valence-corrected chi connectivity index (χ2v) is 6.12. The Labute approximate surface area is 155 Å². The van der Waals surface area contributed by atoms with Gasteiger partial charge in [-0.05, 0) is 49.2 Å². The lowest BCUT2D eigenvalue weighted by molar-refractivity contribution is -0.129. The Morgan fingerprint density at radius 2 is 1.77 bits per heavy atom. The number of ether oxygens (including phenoxy) is 1. The summed E-state index contributed by atoms with van der Waals surface area (Å²) in [5.41, 5.74) is 2.94. The number of nitrogens with zero attached hydrogens (tertiary/aromatic N) is 1. The normalized spacial score (nSPS) is 10.3. The summed E-state index contributed by atoms with van der Waals surface area (Å²) in [5, 5.41) is 2.85. The minimum Gasteiger partial charge on any atom is -0.494 e. The fourth-order valence-corrected chi connectivity index (χ4v) is 2.60. The SMILES string of the molecule is CCOc1ccc(NC(=O)CCN(Cc2ccccc2C)C(C)=O)cc1. The molecule has 0 aromatic heterocycles. The van der Waals surface area contributed by atoms with Gasteiger partial charge in [0.1, 0.15) is 5.75 Å². The van der Waals surface area contributed by atoms with Crippen LogP contribution in [0.3, 0.4) is 0 Å². The van der Waals surface area contributed by atoms with Gasteiger partial charge in [-0.1, -0.05) is 24.3 Å². The van der Waals surface area contributed by atoms with Crippen molar-refractivity contribution in [3.8, 4) is 5.75 Å². The number of hydrogen-bond donors (Lipinski definition) is 1. The van der Waals surface area contributed by atoms with Crippen LogP contribution in [0.1, 0.15) is 31.4 Å². The number of carbonyl (C=O) groups is 2. The number of hydrogen-bond acceptors (Lipinski definition) is 3. The van der Waals surface area contributed by atoms with Gasteiger partial charge in [-0.15, -0.1) is 0 Å². The average molecular weight is 354 g/mol. The Morgan fingerprint density at radius 1 is 1.08 bits per heavy atom. The molecular weight excluding hydrogens is 328 g/mol. The van der Waals surface area contributed by atoms with E-state index in [2.05, 4.69) is 5.32 Å². The highest BCUT2D eigenvalue weighted by atomic mass is 16.5. The van der Waals surface area contributed by atoms with Crippen LogP contribution in [0.4, 0.5) is 5.69 Å². The lowest BCUT2D eigenvalue weighted by atomic mass is 10.1. The van der Waals surface area contributed by atoms with Gasteiger partial charge in [0.05, 0.1) is 6.61 Å². The standard InChI is InChI=1S/C21H26N2O3/c1-4-26-20-11-9-19(10-12-20)22-21(25)13-14-23(17(3)24)15-18-8-6-5-7-16(18)2/h5-12H,4,13-15H2,1-3H3,(H,22,25). The van der Waals surface area contributed by atoms with Gasteiger partial charge >= 0.3 is 0 Å². The molecule has 26 heavy (non-hydrogen) atoms. The van der Waals surface area contributed by atoms with Crippen molar-refractivity contribution in [2.24, 2.45) is 0 Å². The molecule has 5 heteroatoms. The highest BCUT2D eigenvalue weighted by Gasteiger charge is 2.13. The van der Waals surface area contributed by atoms with E-state index in [0.717, 1.165) is 16.9 Å². The molecule has 0 spiro atoms. The molecule has 0 aliphatic carbocycles. The molecule has 0 unspecified atom stereocenters. The predicted octanol–water partition coefficient (Wildman–Crippen LogP) is 3.77. The smallest absolute Gasteiger partial charge is 0.226 e. The van der Waals surface area contributed by atoms with E-state index < -0.39 is 0 Å². The topological polar surface area (TPSA) is 58.6 Å². The largest absolute Gasteiger partial charge is 0.494 e. The van der Waals surface area contributed by atoms with Crippen LogP contribution in [0, 0.1) is 6.92 Å². The first-order valence-electron chi connectivity index (χ1n) is 8.82. The highest BCUT2D eigenvalue weighted by molar-refractivity contribution is 5.91. The van der Waals surface area contributed by atoms with Gasteiger partial charge in [0.25, 0.3) is 0 Å². The van der Waals surface area contributed by atoms with Gasteiger partial charge < -0.3 is 15.0 Å². The molecule has 0 fully saturated rings. The molecule has 5 nitrogen and oxygen atoms in total. The first-order chi connectivity index (χ1) is 12.5. The van der Waals surface area contributed by atoms with Crippen LogP contribution in [0.2, 0.25) is 0 Å². The van der Waals surface area contributed by atoms with Crippen LogP contribution in [-0.2, 0) is 16.1 Å². The van der Waals surface area contributed by atoms with Crippen LogP contribution >= 0.6 is 0 Å². The van der Waals surface area contributed by atoms with Crippen LogP contribution in [0.15, 0.2) is 48.5 Å². The van der Waals surface area contributed by atoms with Crippen molar-refractivity contribution >= 4 is 17.5 Å². The van der Waals surface area contributed by atoms with Crippen LogP contribution < -0.4 is 10.1 Å². The Hall–Kier alpha value is -2.82. The van der Waals surface area contributed by atoms with Crippen molar-refractivity contribution in [2.45, 2.75) is 33.7 Å². The molecule has 0 aliphatic heterocycles. The molecule has 0 aliphatic rings. The van der Waals surface area contributed by atoms with Crippen molar-refractivity contribution in [3.63, 3.8) is 0 Å². The average Bonchev–Trinajstić information content (AvgIpc) is 2.61. The number of anilines is 1. The van der Waals surface area contributed by atoms with E-state index in [1.165, 1.54) is 6.92 Å². The van der Waals surface area contributed by atoms with Gasteiger partial charge in [-0.25, -0.2) is 0 Å². The first-order valence-corrected chi connectivity index (χ1v) is 8.82. The monoisotopic (exact) mass is 354 g/mol. The van der Waals surface area contributed by atoms with E-state index in [9.17, 15) is 9.59 Å². The van der Waals surface area contributed by atoms with E-state index in [0.29, 0.717) is 25.4 Å². The Balaban J connectivity index is 1.88. The molecule has 0 atom stereocenters. The zero-order valence-electron chi connectivity index (χ0n) is 15.6. The molecule has 138 valence electrons.